The summed E-state index contributed by atoms with van der Waals surface area (Å²) in [6, 6.07) is 1.68. The largest absolute Gasteiger partial charge is 0.467 e. The van der Waals surface area contributed by atoms with Crippen molar-refractivity contribution in [3.8, 4) is 0 Å². The van der Waals surface area contributed by atoms with Crippen LogP contribution < -0.4 is 5.32 Å². The van der Waals surface area contributed by atoms with Crippen molar-refractivity contribution in [1.82, 2.24) is 15.1 Å². The number of ether oxygens (including phenoxy) is 1. The molecule has 2 heterocycles. The van der Waals surface area contributed by atoms with E-state index in [2.05, 4.69) is 15.1 Å². The van der Waals surface area contributed by atoms with E-state index >= 15 is 0 Å². The number of piperazine rings is 1. The first-order valence-electron chi connectivity index (χ1n) is 7.55. The van der Waals surface area contributed by atoms with Crippen LogP contribution in [0.25, 0.3) is 0 Å². The van der Waals surface area contributed by atoms with Crippen LogP contribution in [0.3, 0.4) is 0 Å². The van der Waals surface area contributed by atoms with Crippen LogP contribution in [0.2, 0.25) is 0 Å². The van der Waals surface area contributed by atoms with Gasteiger partial charge in [0.1, 0.15) is 11.3 Å². The van der Waals surface area contributed by atoms with Crippen molar-refractivity contribution in [3.63, 3.8) is 0 Å². The summed E-state index contributed by atoms with van der Waals surface area (Å²) in [6.45, 7) is 9.11. The van der Waals surface area contributed by atoms with E-state index in [-0.39, 0.29) is 5.97 Å². The molecule has 1 fully saturated rings. The predicted molar refractivity (Wildman–Crippen MR) is 80.3 cm³/mol. The highest BCUT2D eigenvalue weighted by Crippen LogP contribution is 2.14. The number of furan rings is 1. The molecule has 0 spiro atoms. The van der Waals surface area contributed by atoms with Crippen LogP contribution >= 0.6 is 0 Å². The molecule has 1 N–H and O–H groups in total. The van der Waals surface area contributed by atoms with E-state index < -0.39 is 0 Å². The number of nitrogens with zero attached hydrogens (tertiary/aromatic N) is 2. The first-order valence-corrected chi connectivity index (χ1v) is 7.55. The zero-order chi connectivity index (χ0) is 15.1. The Morgan fingerprint density at radius 1 is 1.48 bits per heavy atom. The molecular weight excluding hydrogens is 270 g/mol. The van der Waals surface area contributed by atoms with Crippen molar-refractivity contribution in [1.29, 1.82) is 0 Å². The van der Waals surface area contributed by atoms with Gasteiger partial charge >= 0.3 is 5.97 Å². The number of carbonyl (C=O) groups is 1. The van der Waals surface area contributed by atoms with Crippen LogP contribution in [0, 0.1) is 0 Å². The minimum absolute atomic E-state index is 0.309. The number of hydrogen-bond acceptors (Lipinski definition) is 6. The first kappa shape index (κ1) is 16.0. The van der Waals surface area contributed by atoms with E-state index in [0.717, 1.165) is 39.3 Å². The maximum absolute atomic E-state index is 11.8. The Balaban J connectivity index is 1.80. The smallest absolute Gasteiger partial charge is 0.341 e. The minimum atomic E-state index is -0.309. The number of likely N-dealkylation sites (N-methyl/N-ethyl adjacent to an activating group) is 1. The molecule has 0 amide bonds. The molecule has 1 aromatic heterocycles. The van der Waals surface area contributed by atoms with Gasteiger partial charge in [0.05, 0.1) is 19.4 Å². The van der Waals surface area contributed by atoms with Crippen molar-refractivity contribution >= 4 is 5.97 Å². The molecule has 2 rings (SSSR count). The highest BCUT2D eigenvalue weighted by Gasteiger charge is 2.17. The molecule has 0 saturated carbocycles. The highest BCUT2D eigenvalue weighted by atomic mass is 16.5. The van der Waals surface area contributed by atoms with E-state index in [9.17, 15) is 4.79 Å². The standard InChI is InChI=1S/C15H25N3O3/c1-3-20-15(19)13-4-11-21-14(13)12-17(2)9-10-18-7-5-16-6-8-18/h4,11,16H,3,5-10,12H2,1-2H3. The molecule has 6 heteroatoms. The van der Waals surface area contributed by atoms with Crippen molar-refractivity contribution in [3.05, 3.63) is 23.7 Å². The summed E-state index contributed by atoms with van der Waals surface area (Å²) in [7, 11) is 2.04. The molecule has 0 aliphatic carbocycles. The zero-order valence-corrected chi connectivity index (χ0v) is 12.9. The Labute approximate surface area is 126 Å². The fraction of sp³-hybridized carbons (Fsp3) is 0.667. The Kier molecular flexibility index (Phi) is 6.22. The molecule has 0 unspecified atom stereocenters. The quantitative estimate of drug-likeness (QED) is 0.751. The van der Waals surface area contributed by atoms with E-state index in [1.165, 1.54) is 0 Å². The molecule has 0 bridgehead atoms. The summed E-state index contributed by atoms with van der Waals surface area (Å²) in [6.07, 6.45) is 1.55. The minimum Gasteiger partial charge on any atom is -0.467 e. The molecule has 1 aliphatic rings. The Hall–Kier alpha value is -1.37. The molecule has 1 aromatic rings. The molecule has 1 aliphatic heterocycles. The van der Waals surface area contributed by atoms with Crippen LogP contribution in [-0.2, 0) is 11.3 Å². The first-order chi connectivity index (χ1) is 10.2. The lowest BCUT2D eigenvalue weighted by Gasteiger charge is -2.28. The van der Waals surface area contributed by atoms with E-state index in [4.69, 9.17) is 9.15 Å². The molecule has 1 saturated heterocycles. The van der Waals surface area contributed by atoms with Gasteiger partial charge in [0, 0.05) is 39.3 Å². The van der Waals surface area contributed by atoms with Crippen LogP contribution in [-0.4, -0.2) is 68.7 Å². The van der Waals surface area contributed by atoms with E-state index in [1.807, 2.05) is 7.05 Å². The maximum Gasteiger partial charge on any atom is 0.341 e. The summed E-state index contributed by atoms with van der Waals surface area (Å²) < 4.78 is 10.5. The fourth-order valence-corrected chi connectivity index (χ4v) is 2.42. The average Bonchev–Trinajstić information content (AvgIpc) is 2.95. The van der Waals surface area contributed by atoms with Crippen LogP contribution in [0.4, 0.5) is 0 Å². The van der Waals surface area contributed by atoms with Crippen LogP contribution in [0.5, 0.6) is 0 Å². The second-order valence-corrected chi connectivity index (χ2v) is 5.31. The molecule has 118 valence electrons. The third-order valence-corrected chi connectivity index (χ3v) is 3.66. The lowest BCUT2D eigenvalue weighted by atomic mass is 10.2. The lowest BCUT2D eigenvalue weighted by molar-refractivity contribution is 0.0522. The summed E-state index contributed by atoms with van der Waals surface area (Å²) in [5.41, 5.74) is 0.533. The van der Waals surface area contributed by atoms with Gasteiger partial charge in [0.25, 0.3) is 0 Å². The third-order valence-electron chi connectivity index (χ3n) is 3.66. The van der Waals surface area contributed by atoms with Gasteiger partial charge in [-0.25, -0.2) is 4.79 Å². The van der Waals surface area contributed by atoms with Gasteiger partial charge in [0.15, 0.2) is 0 Å². The number of hydrogen-bond donors (Lipinski definition) is 1. The Morgan fingerprint density at radius 2 is 2.24 bits per heavy atom. The van der Waals surface area contributed by atoms with Gasteiger partial charge < -0.3 is 14.5 Å². The Bertz CT molecular complexity index is 441. The van der Waals surface area contributed by atoms with Gasteiger partial charge in [-0.3, -0.25) is 9.80 Å². The topological polar surface area (TPSA) is 58.0 Å². The molecule has 0 radical (unpaired) electrons. The van der Waals surface area contributed by atoms with Crippen molar-refractivity contribution in [2.45, 2.75) is 13.5 Å². The zero-order valence-electron chi connectivity index (χ0n) is 12.9. The summed E-state index contributed by atoms with van der Waals surface area (Å²) in [5, 5.41) is 3.35. The lowest BCUT2D eigenvalue weighted by Crippen LogP contribution is -2.45. The number of esters is 1. The fourth-order valence-electron chi connectivity index (χ4n) is 2.42. The number of rotatable bonds is 7. The molecule has 0 atom stereocenters. The van der Waals surface area contributed by atoms with Gasteiger partial charge in [0.2, 0.25) is 0 Å². The summed E-state index contributed by atoms with van der Waals surface area (Å²) >= 11 is 0. The number of carbonyl (C=O) groups excluding carboxylic acids is 1. The molecule has 6 nitrogen and oxygen atoms in total. The van der Waals surface area contributed by atoms with Crippen LogP contribution in [0.1, 0.15) is 23.0 Å². The summed E-state index contributed by atoms with van der Waals surface area (Å²) in [4.78, 5) is 16.4. The van der Waals surface area contributed by atoms with Crippen molar-refractivity contribution < 1.29 is 13.9 Å². The molecule has 21 heavy (non-hydrogen) atoms. The van der Waals surface area contributed by atoms with Gasteiger partial charge in [-0.15, -0.1) is 0 Å². The van der Waals surface area contributed by atoms with Crippen molar-refractivity contribution in [2.24, 2.45) is 0 Å². The van der Waals surface area contributed by atoms with Crippen LogP contribution in [0.15, 0.2) is 16.7 Å². The SMILES string of the molecule is CCOC(=O)c1ccoc1CN(C)CCN1CCNCC1. The second kappa shape index (κ2) is 8.17. The van der Waals surface area contributed by atoms with Gasteiger partial charge in [-0.05, 0) is 20.0 Å². The molecular formula is C15H25N3O3. The number of nitrogens with one attached hydrogen (secondary N) is 1. The maximum atomic E-state index is 11.8. The van der Waals surface area contributed by atoms with Gasteiger partial charge in [-0.2, -0.15) is 0 Å². The predicted octanol–water partition coefficient (Wildman–Crippen LogP) is 0.793. The van der Waals surface area contributed by atoms with Crippen molar-refractivity contribution in [2.75, 3.05) is 52.9 Å². The van der Waals surface area contributed by atoms with E-state index in [0.29, 0.717) is 24.5 Å². The monoisotopic (exact) mass is 295 g/mol. The van der Waals surface area contributed by atoms with Gasteiger partial charge in [-0.1, -0.05) is 0 Å². The van der Waals surface area contributed by atoms with E-state index in [1.54, 1.807) is 19.3 Å². The highest BCUT2D eigenvalue weighted by molar-refractivity contribution is 5.90. The normalized spacial score (nSPS) is 16.3. The summed E-state index contributed by atoms with van der Waals surface area (Å²) in [5.74, 6) is 0.369. The Morgan fingerprint density at radius 3 is 2.95 bits per heavy atom. The third kappa shape index (κ3) is 4.84. The average molecular weight is 295 g/mol. The second-order valence-electron chi connectivity index (χ2n) is 5.31. The molecule has 0 aromatic carbocycles.